The minimum Gasteiger partial charge on any atom is -0.375 e. The maximum atomic E-state index is 13.1. The maximum absolute atomic E-state index is 13.1. The lowest BCUT2D eigenvalue weighted by molar-refractivity contribution is -0.161. The van der Waals surface area contributed by atoms with Crippen LogP contribution in [0.1, 0.15) is 59.3 Å². The van der Waals surface area contributed by atoms with Gasteiger partial charge in [-0.1, -0.05) is 13.8 Å². The molecule has 1 atom stereocenters. The van der Waals surface area contributed by atoms with Gasteiger partial charge in [0.2, 0.25) is 0 Å². The standard InChI is InChI=1S/C17H30O3S/c1-4-17(5-2,19-6-3)15(18)14-7-10-20-16(13-14)8-11-21-12-9-16/h14H,4-13H2,1-3H3. The van der Waals surface area contributed by atoms with Crippen LogP contribution in [0.15, 0.2) is 0 Å². The molecular formula is C17H30O3S. The molecule has 2 saturated heterocycles. The molecule has 0 aliphatic carbocycles. The van der Waals surface area contributed by atoms with E-state index in [1.165, 1.54) is 11.5 Å². The minimum atomic E-state index is -0.568. The van der Waals surface area contributed by atoms with Gasteiger partial charge in [0.15, 0.2) is 5.78 Å². The van der Waals surface area contributed by atoms with Crippen LogP contribution in [0.5, 0.6) is 0 Å². The highest BCUT2D eigenvalue weighted by molar-refractivity contribution is 7.99. The first-order valence-electron chi connectivity index (χ1n) is 8.51. The quantitative estimate of drug-likeness (QED) is 0.746. The lowest BCUT2D eigenvalue weighted by Crippen LogP contribution is -2.50. The van der Waals surface area contributed by atoms with Crippen LogP contribution in [0, 0.1) is 5.92 Å². The first kappa shape index (κ1) is 17.3. The molecule has 1 unspecified atom stereocenters. The van der Waals surface area contributed by atoms with Gasteiger partial charge in [0.05, 0.1) is 5.60 Å². The average molecular weight is 314 g/mol. The predicted molar refractivity (Wildman–Crippen MR) is 87.9 cm³/mol. The van der Waals surface area contributed by atoms with Crippen molar-refractivity contribution in [2.75, 3.05) is 24.7 Å². The van der Waals surface area contributed by atoms with Crippen molar-refractivity contribution in [3.8, 4) is 0 Å². The summed E-state index contributed by atoms with van der Waals surface area (Å²) in [5, 5.41) is 0. The second-order valence-electron chi connectivity index (χ2n) is 6.33. The van der Waals surface area contributed by atoms with Crippen molar-refractivity contribution in [2.45, 2.75) is 70.5 Å². The summed E-state index contributed by atoms with van der Waals surface area (Å²) in [6, 6.07) is 0. The highest BCUT2D eigenvalue weighted by Crippen LogP contribution is 2.42. The van der Waals surface area contributed by atoms with Gasteiger partial charge in [-0.3, -0.25) is 4.79 Å². The maximum Gasteiger partial charge on any atom is 0.167 e. The van der Waals surface area contributed by atoms with E-state index in [0.29, 0.717) is 12.4 Å². The van der Waals surface area contributed by atoms with Crippen LogP contribution in [-0.4, -0.2) is 41.7 Å². The predicted octanol–water partition coefficient (Wildman–Crippen LogP) is 3.84. The molecule has 2 rings (SSSR count). The Hall–Kier alpha value is -0.0600. The molecule has 0 N–H and O–H groups in total. The Kier molecular flexibility index (Phi) is 6.15. The van der Waals surface area contributed by atoms with Gasteiger partial charge >= 0.3 is 0 Å². The zero-order valence-electron chi connectivity index (χ0n) is 13.8. The summed E-state index contributed by atoms with van der Waals surface area (Å²) in [5.41, 5.74) is -0.593. The summed E-state index contributed by atoms with van der Waals surface area (Å²) in [6.45, 7) is 7.47. The fourth-order valence-electron chi connectivity index (χ4n) is 3.87. The van der Waals surface area contributed by atoms with E-state index in [-0.39, 0.29) is 11.5 Å². The summed E-state index contributed by atoms with van der Waals surface area (Å²) < 4.78 is 12.0. The third kappa shape index (κ3) is 3.65. The molecule has 0 aromatic rings. The van der Waals surface area contributed by atoms with E-state index < -0.39 is 5.60 Å². The van der Waals surface area contributed by atoms with Crippen LogP contribution in [0.3, 0.4) is 0 Å². The van der Waals surface area contributed by atoms with Gasteiger partial charge in [-0.15, -0.1) is 0 Å². The molecule has 122 valence electrons. The van der Waals surface area contributed by atoms with E-state index >= 15 is 0 Å². The minimum absolute atomic E-state index is 0.0245. The second kappa shape index (κ2) is 7.47. The highest BCUT2D eigenvalue weighted by Gasteiger charge is 2.46. The van der Waals surface area contributed by atoms with Crippen LogP contribution in [0.4, 0.5) is 0 Å². The number of hydrogen-bond donors (Lipinski definition) is 0. The summed E-state index contributed by atoms with van der Waals surface area (Å²) in [6.07, 6.45) is 5.51. The van der Waals surface area contributed by atoms with Gasteiger partial charge in [0.1, 0.15) is 5.60 Å². The topological polar surface area (TPSA) is 35.5 Å². The highest BCUT2D eigenvalue weighted by atomic mass is 32.2. The first-order valence-corrected chi connectivity index (χ1v) is 9.67. The lowest BCUT2D eigenvalue weighted by Gasteiger charge is -2.44. The van der Waals surface area contributed by atoms with Crippen LogP contribution in [0.25, 0.3) is 0 Å². The number of ether oxygens (including phenoxy) is 2. The van der Waals surface area contributed by atoms with Crippen LogP contribution < -0.4 is 0 Å². The van der Waals surface area contributed by atoms with Crippen molar-refractivity contribution in [3.05, 3.63) is 0 Å². The van der Waals surface area contributed by atoms with Gasteiger partial charge in [-0.2, -0.15) is 11.8 Å². The largest absolute Gasteiger partial charge is 0.375 e. The molecule has 1 spiro atoms. The van der Waals surface area contributed by atoms with Crippen molar-refractivity contribution in [1.82, 2.24) is 0 Å². The molecule has 3 nitrogen and oxygen atoms in total. The van der Waals surface area contributed by atoms with Gasteiger partial charge in [0.25, 0.3) is 0 Å². The van der Waals surface area contributed by atoms with E-state index in [2.05, 4.69) is 13.8 Å². The zero-order chi connectivity index (χ0) is 15.3. The number of Topliss-reactive ketones (excluding diaryl/α,β-unsaturated/α-hetero) is 1. The van der Waals surface area contributed by atoms with Crippen molar-refractivity contribution < 1.29 is 14.3 Å². The molecule has 0 aromatic heterocycles. The molecule has 0 saturated carbocycles. The molecule has 4 heteroatoms. The summed E-state index contributed by atoms with van der Waals surface area (Å²) in [4.78, 5) is 13.1. The third-order valence-corrected chi connectivity index (χ3v) is 6.27. The molecule has 0 aromatic carbocycles. The van der Waals surface area contributed by atoms with Crippen molar-refractivity contribution in [3.63, 3.8) is 0 Å². The van der Waals surface area contributed by atoms with Crippen LogP contribution in [0.2, 0.25) is 0 Å². The Labute approximate surface area is 133 Å². The average Bonchev–Trinajstić information content (AvgIpc) is 2.53. The molecule has 2 aliphatic rings. The molecule has 0 radical (unpaired) electrons. The van der Waals surface area contributed by atoms with Crippen LogP contribution >= 0.6 is 11.8 Å². The number of thioether (sulfide) groups is 1. The number of rotatable bonds is 6. The van der Waals surface area contributed by atoms with E-state index in [1.807, 2.05) is 18.7 Å². The Morgan fingerprint density at radius 2 is 1.95 bits per heavy atom. The second-order valence-corrected chi connectivity index (χ2v) is 7.56. The Morgan fingerprint density at radius 3 is 2.52 bits per heavy atom. The van der Waals surface area contributed by atoms with Crippen molar-refractivity contribution in [2.24, 2.45) is 5.92 Å². The smallest absolute Gasteiger partial charge is 0.167 e. The zero-order valence-corrected chi connectivity index (χ0v) is 14.6. The van der Waals surface area contributed by atoms with Gasteiger partial charge in [-0.25, -0.2) is 0 Å². The molecule has 0 bridgehead atoms. The molecule has 21 heavy (non-hydrogen) atoms. The summed E-state index contributed by atoms with van der Waals surface area (Å²) in [5.74, 6) is 2.78. The summed E-state index contributed by atoms with van der Waals surface area (Å²) in [7, 11) is 0. The number of hydrogen-bond acceptors (Lipinski definition) is 4. The SMILES string of the molecule is CCOC(CC)(CC)C(=O)C1CCOC2(CCSCC2)C1. The molecule has 0 amide bonds. The van der Waals surface area contributed by atoms with E-state index in [4.69, 9.17) is 9.47 Å². The van der Waals surface area contributed by atoms with Crippen molar-refractivity contribution >= 4 is 17.5 Å². The lowest BCUT2D eigenvalue weighted by atomic mass is 9.74. The number of carbonyl (C=O) groups is 1. The van der Waals surface area contributed by atoms with Gasteiger partial charge < -0.3 is 9.47 Å². The monoisotopic (exact) mass is 314 g/mol. The number of ketones is 1. The van der Waals surface area contributed by atoms with Gasteiger partial charge in [0, 0.05) is 19.1 Å². The Bertz CT molecular complexity index is 340. The van der Waals surface area contributed by atoms with E-state index in [1.54, 1.807) is 0 Å². The van der Waals surface area contributed by atoms with Gasteiger partial charge in [-0.05, 0) is 57.0 Å². The molecule has 2 heterocycles. The van der Waals surface area contributed by atoms with Crippen molar-refractivity contribution in [1.29, 1.82) is 0 Å². The summed E-state index contributed by atoms with van der Waals surface area (Å²) >= 11 is 2.01. The number of carbonyl (C=O) groups excluding carboxylic acids is 1. The Morgan fingerprint density at radius 1 is 1.29 bits per heavy atom. The van der Waals surface area contributed by atoms with E-state index in [9.17, 15) is 4.79 Å². The third-order valence-electron chi connectivity index (χ3n) is 5.28. The fourth-order valence-corrected chi connectivity index (χ4v) is 5.10. The van der Waals surface area contributed by atoms with E-state index in [0.717, 1.165) is 45.1 Å². The molecule has 2 aliphatic heterocycles. The van der Waals surface area contributed by atoms with Crippen LogP contribution in [-0.2, 0) is 14.3 Å². The fraction of sp³-hybridized carbons (Fsp3) is 0.941. The normalized spacial score (nSPS) is 26.0. The molecule has 2 fully saturated rings. The first-order chi connectivity index (χ1) is 10.1. The molecular weight excluding hydrogens is 284 g/mol. The Balaban J connectivity index is 2.10.